The zero-order valence-corrected chi connectivity index (χ0v) is 9.45. The van der Waals surface area contributed by atoms with Gasteiger partial charge in [-0.15, -0.1) is 0 Å². The van der Waals surface area contributed by atoms with Crippen LogP contribution in [0, 0.1) is 0 Å². The Hall–Kier alpha value is -0.830. The van der Waals surface area contributed by atoms with E-state index in [0.29, 0.717) is 6.04 Å². The summed E-state index contributed by atoms with van der Waals surface area (Å²) in [5.74, 6) is 1.21. The molecule has 0 aliphatic rings. The molecule has 1 unspecified atom stereocenters. The first kappa shape index (κ1) is 11.2. The van der Waals surface area contributed by atoms with Crippen molar-refractivity contribution >= 4 is 0 Å². The number of aryl methyl sites for hydroxylation is 1. The number of rotatable bonds is 6. The molecule has 0 saturated heterocycles. The second-order valence-electron chi connectivity index (χ2n) is 3.64. The molecule has 0 saturated carbocycles. The predicted molar refractivity (Wildman–Crippen MR) is 59.4 cm³/mol. The third kappa shape index (κ3) is 2.84. The van der Waals surface area contributed by atoms with Crippen LogP contribution in [-0.2, 0) is 13.0 Å². The normalized spacial score (nSPS) is 13.1. The predicted octanol–water partition coefficient (Wildman–Crippen LogP) is 1.83. The highest BCUT2D eigenvalue weighted by Crippen LogP contribution is 2.04. The summed E-state index contributed by atoms with van der Waals surface area (Å²) in [6.07, 6.45) is 7.36. The Morgan fingerprint density at radius 3 is 2.86 bits per heavy atom. The van der Waals surface area contributed by atoms with Crippen LogP contribution < -0.4 is 5.32 Å². The van der Waals surface area contributed by atoms with Gasteiger partial charge in [0.25, 0.3) is 0 Å². The zero-order valence-electron chi connectivity index (χ0n) is 9.45. The van der Waals surface area contributed by atoms with Crippen molar-refractivity contribution in [3.05, 3.63) is 18.2 Å². The molecule has 0 fully saturated rings. The lowest BCUT2D eigenvalue weighted by Gasteiger charge is -2.16. The van der Waals surface area contributed by atoms with Gasteiger partial charge >= 0.3 is 0 Å². The molecule has 1 N–H and O–H groups in total. The molecule has 0 radical (unpaired) electrons. The van der Waals surface area contributed by atoms with Crippen molar-refractivity contribution in [2.75, 3.05) is 7.05 Å². The van der Waals surface area contributed by atoms with Gasteiger partial charge < -0.3 is 9.88 Å². The van der Waals surface area contributed by atoms with Crippen molar-refractivity contribution in [2.24, 2.45) is 0 Å². The molecule has 1 heterocycles. The van der Waals surface area contributed by atoms with Crippen LogP contribution in [0.3, 0.4) is 0 Å². The summed E-state index contributed by atoms with van der Waals surface area (Å²) in [4.78, 5) is 4.36. The Morgan fingerprint density at radius 2 is 2.29 bits per heavy atom. The van der Waals surface area contributed by atoms with Crippen molar-refractivity contribution in [2.45, 2.75) is 45.7 Å². The first-order valence-corrected chi connectivity index (χ1v) is 5.49. The summed E-state index contributed by atoms with van der Waals surface area (Å²) in [6.45, 7) is 5.42. The maximum atomic E-state index is 4.36. The number of nitrogens with one attached hydrogen (secondary N) is 1. The summed E-state index contributed by atoms with van der Waals surface area (Å²) in [5, 5.41) is 3.31. The standard InChI is InChI=1S/C11H21N3/c1-4-6-11-13-7-8-14(11)9-10(5-2)12-3/h7-8,10,12H,4-6,9H2,1-3H3. The fourth-order valence-corrected chi connectivity index (χ4v) is 1.62. The van der Waals surface area contributed by atoms with Crippen LogP contribution in [0.1, 0.15) is 32.5 Å². The summed E-state index contributed by atoms with van der Waals surface area (Å²) in [6, 6.07) is 0.555. The van der Waals surface area contributed by atoms with Crippen molar-refractivity contribution in [3.63, 3.8) is 0 Å². The second kappa shape index (κ2) is 5.81. The minimum Gasteiger partial charge on any atom is -0.333 e. The van der Waals surface area contributed by atoms with Crippen molar-refractivity contribution in [1.29, 1.82) is 0 Å². The van der Waals surface area contributed by atoms with E-state index < -0.39 is 0 Å². The third-order valence-corrected chi connectivity index (χ3v) is 2.59. The number of imidazole rings is 1. The second-order valence-corrected chi connectivity index (χ2v) is 3.64. The molecule has 0 amide bonds. The number of hydrogen-bond acceptors (Lipinski definition) is 2. The molecule has 3 heteroatoms. The highest BCUT2D eigenvalue weighted by Gasteiger charge is 2.07. The topological polar surface area (TPSA) is 29.9 Å². The molecule has 1 rings (SSSR count). The van der Waals surface area contributed by atoms with E-state index in [0.717, 1.165) is 25.8 Å². The molecule has 0 aliphatic heterocycles. The van der Waals surface area contributed by atoms with Gasteiger partial charge in [0.2, 0.25) is 0 Å². The molecule has 1 aromatic rings. The maximum absolute atomic E-state index is 4.36. The van der Waals surface area contributed by atoms with E-state index in [9.17, 15) is 0 Å². The van der Waals surface area contributed by atoms with Gasteiger partial charge in [-0.1, -0.05) is 13.8 Å². The summed E-state index contributed by atoms with van der Waals surface area (Å²) in [7, 11) is 2.02. The van der Waals surface area contributed by atoms with Crippen LogP contribution in [0.15, 0.2) is 12.4 Å². The minimum absolute atomic E-state index is 0.555. The molecule has 1 aromatic heterocycles. The molecule has 14 heavy (non-hydrogen) atoms. The molecule has 3 nitrogen and oxygen atoms in total. The molecule has 0 spiro atoms. The average molecular weight is 195 g/mol. The molecule has 1 atom stereocenters. The fraction of sp³-hybridized carbons (Fsp3) is 0.727. The van der Waals surface area contributed by atoms with Gasteiger partial charge in [0.05, 0.1) is 0 Å². The maximum Gasteiger partial charge on any atom is 0.108 e. The lowest BCUT2D eigenvalue weighted by molar-refractivity contribution is 0.458. The fourth-order valence-electron chi connectivity index (χ4n) is 1.62. The largest absolute Gasteiger partial charge is 0.333 e. The first-order chi connectivity index (χ1) is 6.81. The molecular weight excluding hydrogens is 174 g/mol. The molecule has 0 bridgehead atoms. The smallest absolute Gasteiger partial charge is 0.108 e. The van der Waals surface area contributed by atoms with Gasteiger partial charge in [-0.25, -0.2) is 4.98 Å². The number of nitrogens with zero attached hydrogens (tertiary/aromatic N) is 2. The highest BCUT2D eigenvalue weighted by atomic mass is 15.1. The number of aromatic nitrogens is 2. The minimum atomic E-state index is 0.555. The van der Waals surface area contributed by atoms with Crippen molar-refractivity contribution in [3.8, 4) is 0 Å². The molecule has 0 aromatic carbocycles. The van der Waals surface area contributed by atoms with E-state index >= 15 is 0 Å². The number of hydrogen-bond donors (Lipinski definition) is 1. The lowest BCUT2D eigenvalue weighted by Crippen LogP contribution is -2.29. The van der Waals surface area contributed by atoms with Crippen LogP contribution in [-0.4, -0.2) is 22.6 Å². The Labute approximate surface area is 86.5 Å². The molecule has 80 valence electrons. The quantitative estimate of drug-likeness (QED) is 0.750. The van der Waals surface area contributed by atoms with Crippen LogP contribution in [0.4, 0.5) is 0 Å². The zero-order chi connectivity index (χ0) is 10.4. The third-order valence-electron chi connectivity index (χ3n) is 2.59. The van der Waals surface area contributed by atoms with Gasteiger partial charge in [-0.3, -0.25) is 0 Å². The molecule has 0 aliphatic carbocycles. The van der Waals surface area contributed by atoms with Crippen molar-refractivity contribution < 1.29 is 0 Å². The Bertz CT molecular complexity index is 251. The summed E-state index contributed by atoms with van der Waals surface area (Å²) < 4.78 is 2.26. The Kier molecular flexibility index (Phi) is 4.66. The first-order valence-electron chi connectivity index (χ1n) is 5.49. The van der Waals surface area contributed by atoms with Gasteiger partial charge in [-0.05, 0) is 19.9 Å². The van der Waals surface area contributed by atoms with E-state index in [1.54, 1.807) is 0 Å². The number of likely N-dealkylation sites (N-methyl/N-ethyl adjacent to an activating group) is 1. The van der Waals surface area contributed by atoms with E-state index in [1.165, 1.54) is 5.82 Å². The lowest BCUT2D eigenvalue weighted by atomic mass is 10.2. The van der Waals surface area contributed by atoms with E-state index in [2.05, 4.69) is 34.9 Å². The monoisotopic (exact) mass is 195 g/mol. The van der Waals surface area contributed by atoms with Gasteiger partial charge in [0.15, 0.2) is 0 Å². The van der Waals surface area contributed by atoms with Crippen LogP contribution in [0.2, 0.25) is 0 Å². The van der Waals surface area contributed by atoms with Crippen LogP contribution >= 0.6 is 0 Å². The van der Waals surface area contributed by atoms with E-state index in [4.69, 9.17) is 0 Å². The van der Waals surface area contributed by atoms with Crippen LogP contribution in [0.5, 0.6) is 0 Å². The van der Waals surface area contributed by atoms with Gasteiger partial charge in [-0.2, -0.15) is 0 Å². The van der Waals surface area contributed by atoms with E-state index in [1.807, 2.05) is 13.2 Å². The summed E-state index contributed by atoms with van der Waals surface area (Å²) >= 11 is 0. The Balaban J connectivity index is 2.60. The SMILES string of the molecule is CCCc1nccn1CC(CC)NC. The van der Waals surface area contributed by atoms with E-state index in [-0.39, 0.29) is 0 Å². The summed E-state index contributed by atoms with van der Waals surface area (Å²) in [5.41, 5.74) is 0. The van der Waals surface area contributed by atoms with Crippen molar-refractivity contribution in [1.82, 2.24) is 14.9 Å². The van der Waals surface area contributed by atoms with Crippen LogP contribution in [0.25, 0.3) is 0 Å². The Morgan fingerprint density at radius 1 is 1.50 bits per heavy atom. The average Bonchev–Trinajstić information content (AvgIpc) is 2.62. The van der Waals surface area contributed by atoms with Gasteiger partial charge in [0.1, 0.15) is 5.82 Å². The van der Waals surface area contributed by atoms with Gasteiger partial charge in [0, 0.05) is 31.4 Å². The highest BCUT2D eigenvalue weighted by molar-refractivity contribution is 4.93. The molecular formula is C11H21N3.